The molecule has 4 amide bonds. The Kier molecular flexibility index (Phi) is 5.82. The number of nitrogens with one attached hydrogen (secondary N) is 2. The van der Waals surface area contributed by atoms with E-state index in [0.717, 1.165) is 18.5 Å². The van der Waals surface area contributed by atoms with Crippen molar-refractivity contribution in [2.75, 3.05) is 26.2 Å². The molecule has 2 fully saturated rings. The van der Waals surface area contributed by atoms with Crippen LogP contribution in [0.1, 0.15) is 24.8 Å². The minimum Gasteiger partial charge on any atom is -0.340 e. The number of hydrogen-bond donors (Lipinski definition) is 2. The Morgan fingerprint density at radius 2 is 2.04 bits per heavy atom. The first-order chi connectivity index (χ1) is 12.5. The summed E-state index contributed by atoms with van der Waals surface area (Å²) >= 11 is 0. The van der Waals surface area contributed by atoms with E-state index in [1.54, 1.807) is 11.0 Å². The van der Waals surface area contributed by atoms with Crippen molar-refractivity contribution in [3.05, 3.63) is 35.6 Å². The topological polar surface area (TPSA) is 81.8 Å². The van der Waals surface area contributed by atoms with Crippen LogP contribution in [-0.4, -0.2) is 59.9 Å². The minimum atomic E-state index is -0.670. The second-order valence-electron chi connectivity index (χ2n) is 6.70. The molecule has 2 N–H and O–H groups in total. The molecule has 1 aromatic carbocycles. The molecular formula is C18H23FN4O3. The first-order valence-corrected chi connectivity index (χ1v) is 8.87. The normalized spacial score (nSPS) is 22.2. The van der Waals surface area contributed by atoms with Gasteiger partial charge in [-0.2, -0.15) is 0 Å². The van der Waals surface area contributed by atoms with Crippen LogP contribution >= 0.6 is 0 Å². The highest BCUT2D eigenvalue weighted by atomic mass is 19.1. The lowest BCUT2D eigenvalue weighted by Gasteiger charge is -2.26. The standard InChI is InChI=1S/C18H23FN4O3/c19-14-4-1-3-13(11-14)12-22-7-2-8-23(10-9-22)17(25)15-5-6-16(24)21-18(26)20-15/h1,3-4,11,15H,2,5-10,12H2,(H2,20,21,24,26)/t15-/m0/s1. The summed E-state index contributed by atoms with van der Waals surface area (Å²) in [7, 11) is 0. The van der Waals surface area contributed by atoms with Gasteiger partial charge in [-0.3, -0.25) is 19.8 Å². The lowest BCUT2D eigenvalue weighted by molar-refractivity contribution is -0.133. The predicted octanol–water partition coefficient (Wildman–Crippen LogP) is 0.848. The van der Waals surface area contributed by atoms with Gasteiger partial charge in [-0.1, -0.05) is 12.1 Å². The lowest BCUT2D eigenvalue weighted by Crippen LogP contribution is -2.50. The lowest BCUT2D eigenvalue weighted by atomic mass is 10.1. The van der Waals surface area contributed by atoms with Crippen molar-refractivity contribution in [2.45, 2.75) is 31.8 Å². The van der Waals surface area contributed by atoms with Crippen LogP contribution in [0.25, 0.3) is 0 Å². The molecule has 0 radical (unpaired) electrons. The summed E-state index contributed by atoms with van der Waals surface area (Å²) in [4.78, 5) is 39.7. The number of carbonyl (C=O) groups is 3. The van der Waals surface area contributed by atoms with E-state index in [1.807, 2.05) is 6.07 Å². The van der Waals surface area contributed by atoms with E-state index in [-0.39, 0.29) is 24.1 Å². The molecule has 140 valence electrons. The Balaban J connectivity index is 1.56. The van der Waals surface area contributed by atoms with Gasteiger partial charge in [0, 0.05) is 39.1 Å². The average molecular weight is 362 g/mol. The van der Waals surface area contributed by atoms with Gasteiger partial charge >= 0.3 is 6.03 Å². The van der Waals surface area contributed by atoms with Crippen LogP contribution in [0.15, 0.2) is 24.3 Å². The van der Waals surface area contributed by atoms with Crippen molar-refractivity contribution in [3.8, 4) is 0 Å². The highest BCUT2D eigenvalue weighted by Crippen LogP contribution is 2.13. The molecule has 1 atom stereocenters. The first-order valence-electron chi connectivity index (χ1n) is 8.87. The van der Waals surface area contributed by atoms with Crippen molar-refractivity contribution in [2.24, 2.45) is 0 Å². The smallest absolute Gasteiger partial charge is 0.322 e. The van der Waals surface area contributed by atoms with Gasteiger partial charge in [0.2, 0.25) is 11.8 Å². The molecule has 0 aliphatic carbocycles. The fourth-order valence-corrected chi connectivity index (χ4v) is 3.38. The molecule has 26 heavy (non-hydrogen) atoms. The molecule has 0 aromatic heterocycles. The third-order valence-electron chi connectivity index (χ3n) is 4.71. The van der Waals surface area contributed by atoms with Crippen molar-refractivity contribution >= 4 is 17.8 Å². The predicted molar refractivity (Wildman–Crippen MR) is 92.6 cm³/mol. The summed E-state index contributed by atoms with van der Waals surface area (Å²) in [6.07, 6.45) is 1.26. The fraction of sp³-hybridized carbons (Fsp3) is 0.500. The third kappa shape index (κ3) is 4.78. The van der Waals surface area contributed by atoms with Crippen molar-refractivity contribution < 1.29 is 18.8 Å². The van der Waals surface area contributed by atoms with Crippen molar-refractivity contribution in [3.63, 3.8) is 0 Å². The van der Waals surface area contributed by atoms with Crippen LogP contribution in [-0.2, 0) is 16.1 Å². The summed E-state index contributed by atoms with van der Waals surface area (Å²) in [6.45, 7) is 3.28. The third-order valence-corrected chi connectivity index (χ3v) is 4.71. The Morgan fingerprint density at radius 3 is 2.85 bits per heavy atom. The number of benzene rings is 1. The molecular weight excluding hydrogens is 339 g/mol. The average Bonchev–Trinajstić information content (AvgIpc) is 2.92. The van der Waals surface area contributed by atoms with Gasteiger partial charge in [0.05, 0.1) is 0 Å². The molecule has 2 saturated heterocycles. The molecule has 1 aromatic rings. The van der Waals surface area contributed by atoms with E-state index in [0.29, 0.717) is 32.6 Å². The van der Waals surface area contributed by atoms with E-state index in [2.05, 4.69) is 15.5 Å². The zero-order valence-electron chi connectivity index (χ0n) is 14.5. The number of amides is 4. The van der Waals surface area contributed by atoms with Crippen molar-refractivity contribution in [1.29, 1.82) is 0 Å². The number of nitrogens with zero attached hydrogens (tertiary/aromatic N) is 2. The van der Waals surface area contributed by atoms with E-state index < -0.39 is 12.1 Å². The summed E-state index contributed by atoms with van der Waals surface area (Å²) < 4.78 is 13.3. The van der Waals surface area contributed by atoms with Crippen LogP contribution in [0.5, 0.6) is 0 Å². The Bertz CT molecular complexity index is 697. The Morgan fingerprint density at radius 1 is 1.19 bits per heavy atom. The van der Waals surface area contributed by atoms with E-state index in [1.165, 1.54) is 12.1 Å². The highest BCUT2D eigenvalue weighted by Gasteiger charge is 2.30. The van der Waals surface area contributed by atoms with Gasteiger partial charge in [0.25, 0.3) is 0 Å². The molecule has 8 heteroatoms. The van der Waals surface area contributed by atoms with E-state index >= 15 is 0 Å². The highest BCUT2D eigenvalue weighted by molar-refractivity contribution is 5.98. The summed E-state index contributed by atoms with van der Waals surface area (Å²) in [5.74, 6) is -0.765. The number of rotatable bonds is 3. The Labute approximate surface area is 151 Å². The van der Waals surface area contributed by atoms with Crippen molar-refractivity contribution in [1.82, 2.24) is 20.4 Å². The monoisotopic (exact) mass is 362 g/mol. The summed E-state index contributed by atoms with van der Waals surface area (Å²) in [5, 5.41) is 4.75. The van der Waals surface area contributed by atoms with Gasteiger partial charge in [-0.25, -0.2) is 9.18 Å². The second-order valence-corrected chi connectivity index (χ2v) is 6.70. The molecule has 3 rings (SSSR count). The summed E-state index contributed by atoms with van der Waals surface area (Å²) in [5.41, 5.74) is 0.908. The van der Waals surface area contributed by atoms with Gasteiger partial charge in [0.1, 0.15) is 11.9 Å². The van der Waals surface area contributed by atoms with E-state index in [9.17, 15) is 18.8 Å². The maximum atomic E-state index is 13.3. The molecule has 7 nitrogen and oxygen atoms in total. The zero-order valence-corrected chi connectivity index (χ0v) is 14.5. The summed E-state index contributed by atoms with van der Waals surface area (Å²) in [6, 6.07) is 5.25. The fourth-order valence-electron chi connectivity index (χ4n) is 3.38. The van der Waals surface area contributed by atoms with Crippen LogP contribution in [0.2, 0.25) is 0 Å². The van der Waals surface area contributed by atoms with Gasteiger partial charge < -0.3 is 10.2 Å². The number of urea groups is 1. The quantitative estimate of drug-likeness (QED) is 0.835. The molecule has 0 saturated carbocycles. The van der Waals surface area contributed by atoms with Crippen LogP contribution in [0, 0.1) is 5.82 Å². The van der Waals surface area contributed by atoms with Crippen LogP contribution in [0.3, 0.4) is 0 Å². The number of halogens is 1. The molecule has 2 aliphatic rings. The molecule has 2 heterocycles. The second kappa shape index (κ2) is 8.27. The van der Waals surface area contributed by atoms with Gasteiger partial charge in [-0.05, 0) is 30.5 Å². The number of hydrogen-bond acceptors (Lipinski definition) is 4. The molecule has 0 bridgehead atoms. The number of imide groups is 1. The molecule has 2 aliphatic heterocycles. The maximum absolute atomic E-state index is 13.3. The Hall–Kier alpha value is -2.48. The molecule has 0 spiro atoms. The van der Waals surface area contributed by atoms with E-state index in [4.69, 9.17) is 0 Å². The van der Waals surface area contributed by atoms with Gasteiger partial charge in [-0.15, -0.1) is 0 Å². The zero-order chi connectivity index (χ0) is 18.5. The number of carbonyl (C=O) groups excluding carboxylic acids is 3. The maximum Gasteiger partial charge on any atom is 0.322 e. The largest absolute Gasteiger partial charge is 0.340 e. The van der Waals surface area contributed by atoms with Crippen LogP contribution in [0.4, 0.5) is 9.18 Å². The van der Waals surface area contributed by atoms with Gasteiger partial charge in [0.15, 0.2) is 0 Å². The minimum absolute atomic E-state index is 0.148. The first kappa shape index (κ1) is 18.3. The molecule has 0 unspecified atom stereocenters. The van der Waals surface area contributed by atoms with Crippen LogP contribution < -0.4 is 10.6 Å². The SMILES string of the molecule is O=C1CC[C@@H](C(=O)N2CCCN(Cc3cccc(F)c3)CC2)NC(=O)N1.